The Morgan fingerprint density at radius 2 is 2.32 bits per heavy atom. The highest BCUT2D eigenvalue weighted by Crippen LogP contribution is 2.40. The Morgan fingerprint density at radius 1 is 1.53 bits per heavy atom. The van der Waals surface area contributed by atoms with E-state index in [1.165, 1.54) is 7.11 Å². The van der Waals surface area contributed by atoms with Crippen LogP contribution in [0.3, 0.4) is 0 Å². The Hall–Kier alpha value is -0.650. The van der Waals surface area contributed by atoms with Crippen LogP contribution in [0.4, 0.5) is 0 Å². The SMILES string of the molecule is CC[C@@H]1CO[C@]2(CCC[C@@H](CC(=O)OC)O2)C[C@@H]1O. The van der Waals surface area contributed by atoms with Gasteiger partial charge in [-0.2, -0.15) is 0 Å². The maximum atomic E-state index is 11.3. The molecule has 19 heavy (non-hydrogen) atoms. The van der Waals surface area contributed by atoms with Crippen LogP contribution >= 0.6 is 0 Å². The molecule has 2 rings (SSSR count). The minimum atomic E-state index is -0.692. The molecule has 2 saturated heterocycles. The molecule has 110 valence electrons. The molecule has 0 aliphatic carbocycles. The fourth-order valence-corrected chi connectivity index (χ4v) is 2.99. The molecule has 1 spiro atoms. The van der Waals surface area contributed by atoms with Gasteiger partial charge in [-0.1, -0.05) is 6.92 Å². The number of ether oxygens (including phenoxy) is 3. The summed E-state index contributed by atoms with van der Waals surface area (Å²) in [6.45, 7) is 2.58. The summed E-state index contributed by atoms with van der Waals surface area (Å²) < 4.78 is 16.5. The summed E-state index contributed by atoms with van der Waals surface area (Å²) in [6, 6.07) is 0. The Morgan fingerprint density at radius 3 is 2.95 bits per heavy atom. The van der Waals surface area contributed by atoms with Gasteiger partial charge < -0.3 is 19.3 Å². The van der Waals surface area contributed by atoms with Gasteiger partial charge in [-0.3, -0.25) is 4.79 Å². The third-order valence-corrected chi connectivity index (χ3v) is 4.24. The second kappa shape index (κ2) is 6.20. The number of aliphatic hydroxyl groups excluding tert-OH is 1. The highest BCUT2D eigenvalue weighted by molar-refractivity contribution is 5.69. The van der Waals surface area contributed by atoms with E-state index in [9.17, 15) is 9.90 Å². The number of carbonyl (C=O) groups excluding carboxylic acids is 1. The van der Waals surface area contributed by atoms with Gasteiger partial charge in [-0.05, 0) is 19.3 Å². The van der Waals surface area contributed by atoms with E-state index in [2.05, 4.69) is 11.7 Å². The molecule has 5 heteroatoms. The highest BCUT2D eigenvalue weighted by Gasteiger charge is 2.45. The summed E-state index contributed by atoms with van der Waals surface area (Å²) in [4.78, 5) is 11.3. The van der Waals surface area contributed by atoms with Crippen molar-refractivity contribution >= 4 is 5.97 Å². The van der Waals surface area contributed by atoms with Gasteiger partial charge in [0.05, 0.1) is 32.3 Å². The van der Waals surface area contributed by atoms with Crippen LogP contribution in [0.1, 0.15) is 45.4 Å². The summed E-state index contributed by atoms with van der Waals surface area (Å²) in [5, 5.41) is 10.1. The first-order chi connectivity index (χ1) is 9.08. The van der Waals surface area contributed by atoms with Crippen LogP contribution in [0.2, 0.25) is 0 Å². The van der Waals surface area contributed by atoms with Crippen molar-refractivity contribution < 1.29 is 24.1 Å². The molecule has 0 unspecified atom stereocenters. The van der Waals surface area contributed by atoms with Crippen LogP contribution in [-0.2, 0) is 19.0 Å². The van der Waals surface area contributed by atoms with Crippen molar-refractivity contribution in [1.29, 1.82) is 0 Å². The largest absolute Gasteiger partial charge is 0.469 e. The number of aliphatic hydroxyl groups is 1. The molecule has 4 atom stereocenters. The molecule has 2 heterocycles. The number of hydrogen-bond donors (Lipinski definition) is 1. The molecule has 0 aromatic carbocycles. The average Bonchev–Trinajstić information content (AvgIpc) is 2.39. The van der Waals surface area contributed by atoms with Gasteiger partial charge in [0.2, 0.25) is 0 Å². The predicted molar refractivity (Wildman–Crippen MR) is 68.4 cm³/mol. The minimum Gasteiger partial charge on any atom is -0.469 e. The topological polar surface area (TPSA) is 65.0 Å². The third kappa shape index (κ3) is 3.46. The standard InChI is InChI=1S/C14H24O5/c1-3-10-9-18-14(8-12(10)15)6-4-5-11(19-14)7-13(16)17-2/h10-12,15H,3-9H2,1-2H3/t10-,11+,12+,14+/m1/s1. The molecule has 0 aromatic heterocycles. The second-order valence-electron chi connectivity index (χ2n) is 5.57. The Bertz CT molecular complexity index is 319. The highest BCUT2D eigenvalue weighted by atomic mass is 16.7. The van der Waals surface area contributed by atoms with Crippen molar-refractivity contribution in [2.24, 2.45) is 5.92 Å². The summed E-state index contributed by atoms with van der Waals surface area (Å²) in [6.07, 6.45) is 3.71. The molecule has 2 fully saturated rings. The average molecular weight is 272 g/mol. The Labute approximate surface area is 114 Å². The van der Waals surface area contributed by atoms with Crippen molar-refractivity contribution in [1.82, 2.24) is 0 Å². The lowest BCUT2D eigenvalue weighted by atomic mass is 9.87. The first-order valence-electron chi connectivity index (χ1n) is 7.15. The van der Waals surface area contributed by atoms with E-state index in [0.717, 1.165) is 25.7 Å². The van der Waals surface area contributed by atoms with E-state index < -0.39 is 5.79 Å². The van der Waals surface area contributed by atoms with Crippen molar-refractivity contribution in [3.63, 3.8) is 0 Å². The summed E-state index contributed by atoms with van der Waals surface area (Å²) >= 11 is 0. The zero-order chi connectivity index (χ0) is 13.9. The number of hydrogen-bond acceptors (Lipinski definition) is 5. The molecule has 1 N–H and O–H groups in total. The quantitative estimate of drug-likeness (QED) is 0.791. The van der Waals surface area contributed by atoms with Crippen LogP contribution in [0.15, 0.2) is 0 Å². The van der Waals surface area contributed by atoms with Crippen LogP contribution in [-0.4, -0.2) is 42.8 Å². The van der Waals surface area contributed by atoms with Gasteiger partial charge in [0.25, 0.3) is 0 Å². The Kier molecular flexibility index (Phi) is 4.81. The molecular formula is C14H24O5. The van der Waals surface area contributed by atoms with Crippen molar-refractivity contribution in [3.05, 3.63) is 0 Å². The maximum absolute atomic E-state index is 11.3. The molecule has 0 saturated carbocycles. The fraction of sp³-hybridized carbons (Fsp3) is 0.929. The van der Waals surface area contributed by atoms with Crippen LogP contribution in [0.25, 0.3) is 0 Å². The van der Waals surface area contributed by atoms with Crippen LogP contribution < -0.4 is 0 Å². The third-order valence-electron chi connectivity index (χ3n) is 4.24. The molecule has 0 radical (unpaired) electrons. The molecule has 0 amide bonds. The van der Waals surface area contributed by atoms with Gasteiger partial charge >= 0.3 is 5.97 Å². The minimum absolute atomic E-state index is 0.161. The number of rotatable bonds is 3. The smallest absolute Gasteiger partial charge is 0.308 e. The summed E-state index contributed by atoms with van der Waals surface area (Å²) in [5.74, 6) is -0.762. The van der Waals surface area contributed by atoms with E-state index >= 15 is 0 Å². The van der Waals surface area contributed by atoms with E-state index in [1.807, 2.05) is 0 Å². The number of esters is 1. The predicted octanol–water partition coefficient (Wildman–Crippen LogP) is 1.62. The van der Waals surface area contributed by atoms with E-state index in [4.69, 9.17) is 9.47 Å². The zero-order valence-corrected chi connectivity index (χ0v) is 11.8. The number of carbonyl (C=O) groups is 1. The lowest BCUT2D eigenvalue weighted by Gasteiger charge is -2.46. The fourth-order valence-electron chi connectivity index (χ4n) is 2.99. The van der Waals surface area contributed by atoms with Gasteiger partial charge in [-0.25, -0.2) is 0 Å². The van der Waals surface area contributed by atoms with Gasteiger partial charge in [0, 0.05) is 18.8 Å². The summed E-state index contributed by atoms with van der Waals surface area (Å²) in [5.41, 5.74) is 0. The number of methoxy groups -OCH3 is 1. The maximum Gasteiger partial charge on any atom is 0.308 e. The normalized spacial score (nSPS) is 39.2. The zero-order valence-electron chi connectivity index (χ0n) is 11.8. The van der Waals surface area contributed by atoms with Crippen molar-refractivity contribution in [2.75, 3.05) is 13.7 Å². The molecule has 2 aliphatic rings. The monoisotopic (exact) mass is 272 g/mol. The van der Waals surface area contributed by atoms with E-state index in [1.54, 1.807) is 0 Å². The van der Waals surface area contributed by atoms with Gasteiger partial charge in [-0.15, -0.1) is 0 Å². The lowest BCUT2D eigenvalue weighted by molar-refractivity contribution is -0.317. The Balaban J connectivity index is 1.94. The van der Waals surface area contributed by atoms with Crippen molar-refractivity contribution in [2.45, 2.75) is 63.4 Å². The molecule has 2 aliphatic heterocycles. The molecule has 0 bridgehead atoms. The van der Waals surface area contributed by atoms with Crippen molar-refractivity contribution in [3.8, 4) is 0 Å². The summed E-state index contributed by atoms with van der Waals surface area (Å²) in [7, 11) is 1.38. The van der Waals surface area contributed by atoms with E-state index in [-0.39, 0.29) is 30.5 Å². The molecule has 0 aromatic rings. The second-order valence-corrected chi connectivity index (χ2v) is 5.57. The van der Waals surface area contributed by atoms with Crippen LogP contribution in [0.5, 0.6) is 0 Å². The first kappa shape index (κ1) is 14.8. The van der Waals surface area contributed by atoms with Crippen LogP contribution in [0, 0.1) is 5.92 Å². The molecular weight excluding hydrogens is 248 g/mol. The van der Waals surface area contributed by atoms with Gasteiger partial charge in [0.15, 0.2) is 5.79 Å². The molecule has 5 nitrogen and oxygen atoms in total. The van der Waals surface area contributed by atoms with E-state index in [0.29, 0.717) is 13.0 Å². The first-order valence-corrected chi connectivity index (χ1v) is 7.15. The lowest BCUT2D eigenvalue weighted by Crippen LogP contribution is -2.52. The van der Waals surface area contributed by atoms with Gasteiger partial charge in [0.1, 0.15) is 0 Å².